The topological polar surface area (TPSA) is 32.3 Å². The molecule has 2 atom stereocenters. The Labute approximate surface area is 114 Å². The summed E-state index contributed by atoms with van der Waals surface area (Å²) in [5.41, 5.74) is -0.284. The molecule has 2 nitrogen and oxygen atoms in total. The molecule has 2 rings (SSSR count). The lowest BCUT2D eigenvalue weighted by atomic mass is 10.1. The largest absolute Gasteiger partial charge is 0.387 e. The number of nitrogens with one attached hydrogen (secondary N) is 1. The summed E-state index contributed by atoms with van der Waals surface area (Å²) in [6, 6.07) is 7.50. The summed E-state index contributed by atoms with van der Waals surface area (Å²) >= 11 is 1.59. The van der Waals surface area contributed by atoms with Crippen LogP contribution in [0.1, 0.15) is 29.5 Å². The van der Waals surface area contributed by atoms with Gasteiger partial charge in [-0.3, -0.25) is 0 Å². The highest BCUT2D eigenvalue weighted by Crippen LogP contribution is 2.22. The Morgan fingerprint density at radius 1 is 1.21 bits per heavy atom. The number of hydrogen-bond donors (Lipinski definition) is 2. The van der Waals surface area contributed by atoms with Crippen LogP contribution in [0, 0.1) is 11.6 Å². The molecule has 0 saturated carbocycles. The van der Waals surface area contributed by atoms with Crippen LogP contribution < -0.4 is 5.32 Å². The maximum Gasteiger partial charge on any atom is 0.131 e. The number of benzene rings is 1. The maximum atomic E-state index is 13.5. The second kappa shape index (κ2) is 6.23. The molecular weight excluding hydrogens is 268 g/mol. The Kier molecular flexibility index (Phi) is 4.63. The van der Waals surface area contributed by atoms with Crippen molar-refractivity contribution in [1.82, 2.24) is 5.32 Å². The zero-order chi connectivity index (χ0) is 13.8. The van der Waals surface area contributed by atoms with Gasteiger partial charge in [0.1, 0.15) is 11.6 Å². The molecule has 2 aromatic rings. The van der Waals surface area contributed by atoms with E-state index in [-0.39, 0.29) is 18.2 Å². The highest BCUT2D eigenvalue weighted by Gasteiger charge is 2.18. The first kappa shape index (κ1) is 14.1. The molecule has 0 aliphatic heterocycles. The number of halogens is 2. The average molecular weight is 283 g/mol. The summed E-state index contributed by atoms with van der Waals surface area (Å²) in [4.78, 5) is 1.11. The zero-order valence-corrected chi connectivity index (χ0v) is 11.3. The van der Waals surface area contributed by atoms with Crippen LogP contribution in [0.4, 0.5) is 8.78 Å². The molecule has 102 valence electrons. The minimum Gasteiger partial charge on any atom is -0.387 e. The molecule has 2 unspecified atom stereocenters. The molecule has 1 heterocycles. The molecule has 0 aliphatic carbocycles. The van der Waals surface area contributed by atoms with Gasteiger partial charge in [0, 0.05) is 17.5 Å². The van der Waals surface area contributed by atoms with Crippen molar-refractivity contribution in [3.05, 3.63) is 57.8 Å². The van der Waals surface area contributed by atoms with E-state index in [1.807, 2.05) is 24.4 Å². The molecule has 0 spiro atoms. The Morgan fingerprint density at radius 3 is 2.47 bits per heavy atom. The van der Waals surface area contributed by atoms with Crippen molar-refractivity contribution in [2.75, 3.05) is 6.54 Å². The maximum absolute atomic E-state index is 13.5. The monoisotopic (exact) mass is 283 g/mol. The Bertz CT molecular complexity index is 510. The Hall–Kier alpha value is -1.30. The van der Waals surface area contributed by atoms with Crippen molar-refractivity contribution >= 4 is 11.3 Å². The van der Waals surface area contributed by atoms with Crippen molar-refractivity contribution in [1.29, 1.82) is 0 Å². The molecule has 0 aliphatic rings. The van der Waals surface area contributed by atoms with Gasteiger partial charge in [0.25, 0.3) is 0 Å². The van der Waals surface area contributed by atoms with E-state index in [2.05, 4.69) is 5.32 Å². The van der Waals surface area contributed by atoms with Gasteiger partial charge in [-0.05, 0) is 30.5 Å². The van der Waals surface area contributed by atoms with Gasteiger partial charge in [-0.25, -0.2) is 8.78 Å². The van der Waals surface area contributed by atoms with E-state index >= 15 is 0 Å². The van der Waals surface area contributed by atoms with Crippen LogP contribution in [0.5, 0.6) is 0 Å². The molecule has 5 heteroatoms. The van der Waals surface area contributed by atoms with E-state index in [1.54, 1.807) is 11.3 Å². The molecule has 0 fully saturated rings. The second-order valence-corrected chi connectivity index (χ2v) is 5.28. The fraction of sp³-hybridized carbons (Fsp3) is 0.286. The summed E-state index contributed by atoms with van der Waals surface area (Å²) in [6.45, 7) is 2.03. The van der Waals surface area contributed by atoms with Gasteiger partial charge < -0.3 is 10.4 Å². The lowest BCUT2D eigenvalue weighted by Gasteiger charge is -2.17. The first-order valence-electron chi connectivity index (χ1n) is 5.98. The summed E-state index contributed by atoms with van der Waals surface area (Å²) in [5.74, 6) is -1.45. The molecular formula is C14H15F2NOS. The third kappa shape index (κ3) is 3.37. The fourth-order valence-corrected chi connectivity index (χ4v) is 2.62. The molecule has 1 aromatic carbocycles. The van der Waals surface area contributed by atoms with Crippen LogP contribution in [-0.2, 0) is 0 Å². The van der Waals surface area contributed by atoms with Crippen molar-refractivity contribution in [3.63, 3.8) is 0 Å². The van der Waals surface area contributed by atoms with Gasteiger partial charge in [0.2, 0.25) is 0 Å². The number of aliphatic hydroxyl groups is 1. The average Bonchev–Trinajstić information content (AvgIpc) is 2.89. The van der Waals surface area contributed by atoms with Gasteiger partial charge in [0.05, 0.1) is 11.7 Å². The third-order valence-corrected chi connectivity index (χ3v) is 3.98. The highest BCUT2D eigenvalue weighted by atomic mass is 32.1. The summed E-state index contributed by atoms with van der Waals surface area (Å²) in [5, 5.41) is 14.9. The predicted octanol–water partition coefficient (Wildman–Crippen LogP) is 3.41. The van der Waals surface area contributed by atoms with Crippen molar-refractivity contribution in [3.8, 4) is 0 Å². The van der Waals surface area contributed by atoms with E-state index in [0.29, 0.717) is 0 Å². The molecule has 19 heavy (non-hydrogen) atoms. The highest BCUT2D eigenvalue weighted by molar-refractivity contribution is 7.10. The van der Waals surface area contributed by atoms with E-state index in [0.717, 1.165) is 17.0 Å². The second-order valence-electron chi connectivity index (χ2n) is 4.30. The number of hydrogen-bond acceptors (Lipinski definition) is 3. The van der Waals surface area contributed by atoms with Gasteiger partial charge in [-0.2, -0.15) is 0 Å². The molecule has 0 saturated heterocycles. The molecule has 1 aromatic heterocycles. The SMILES string of the molecule is CC(NCC(O)c1c(F)cccc1F)c1cccs1. The van der Waals surface area contributed by atoms with E-state index < -0.39 is 17.7 Å². The lowest BCUT2D eigenvalue weighted by molar-refractivity contribution is 0.161. The standard InChI is InChI=1S/C14H15F2NOS/c1-9(13-6-3-7-19-13)17-8-12(18)14-10(15)4-2-5-11(14)16/h2-7,9,12,17-18H,8H2,1H3. The van der Waals surface area contributed by atoms with E-state index in [4.69, 9.17) is 0 Å². The van der Waals surface area contributed by atoms with E-state index in [9.17, 15) is 13.9 Å². The van der Waals surface area contributed by atoms with Crippen LogP contribution in [-0.4, -0.2) is 11.7 Å². The quantitative estimate of drug-likeness (QED) is 0.881. The number of rotatable bonds is 5. The minimum atomic E-state index is -1.20. The molecule has 0 amide bonds. The third-order valence-electron chi connectivity index (χ3n) is 2.92. The molecule has 2 N–H and O–H groups in total. The van der Waals surface area contributed by atoms with Crippen LogP contribution >= 0.6 is 11.3 Å². The fourth-order valence-electron chi connectivity index (χ4n) is 1.86. The zero-order valence-electron chi connectivity index (χ0n) is 10.4. The van der Waals surface area contributed by atoms with E-state index in [1.165, 1.54) is 6.07 Å². The summed E-state index contributed by atoms with van der Waals surface area (Å²) in [7, 11) is 0. The summed E-state index contributed by atoms with van der Waals surface area (Å²) in [6.07, 6.45) is -1.20. The smallest absolute Gasteiger partial charge is 0.131 e. The lowest BCUT2D eigenvalue weighted by Crippen LogP contribution is -2.25. The van der Waals surface area contributed by atoms with Gasteiger partial charge in [-0.15, -0.1) is 11.3 Å². The van der Waals surface area contributed by atoms with Crippen molar-refractivity contribution in [2.24, 2.45) is 0 Å². The first-order chi connectivity index (χ1) is 9.09. The minimum absolute atomic E-state index is 0.0319. The predicted molar refractivity (Wildman–Crippen MR) is 72.1 cm³/mol. The van der Waals surface area contributed by atoms with Crippen LogP contribution in [0.3, 0.4) is 0 Å². The molecule has 0 bridgehead atoms. The van der Waals surface area contributed by atoms with Gasteiger partial charge >= 0.3 is 0 Å². The van der Waals surface area contributed by atoms with Crippen LogP contribution in [0.15, 0.2) is 35.7 Å². The summed E-state index contributed by atoms with van der Waals surface area (Å²) < 4.78 is 26.9. The number of thiophene rings is 1. The molecule has 0 radical (unpaired) electrons. The first-order valence-corrected chi connectivity index (χ1v) is 6.86. The van der Waals surface area contributed by atoms with Crippen LogP contribution in [0.25, 0.3) is 0 Å². The van der Waals surface area contributed by atoms with Crippen molar-refractivity contribution in [2.45, 2.75) is 19.1 Å². The Balaban J connectivity index is 2.00. The number of aliphatic hydroxyl groups excluding tert-OH is 1. The van der Waals surface area contributed by atoms with Crippen LogP contribution in [0.2, 0.25) is 0 Å². The normalized spacial score (nSPS) is 14.3. The van der Waals surface area contributed by atoms with Gasteiger partial charge in [-0.1, -0.05) is 12.1 Å². The Morgan fingerprint density at radius 2 is 1.89 bits per heavy atom. The van der Waals surface area contributed by atoms with Crippen molar-refractivity contribution < 1.29 is 13.9 Å². The van der Waals surface area contributed by atoms with Gasteiger partial charge in [0.15, 0.2) is 0 Å².